The maximum atomic E-state index is 4.26. The first kappa shape index (κ1) is 8.79. The van der Waals surface area contributed by atoms with Crippen LogP contribution < -0.4 is 5.32 Å². The summed E-state index contributed by atoms with van der Waals surface area (Å²) in [7, 11) is 0. The summed E-state index contributed by atoms with van der Waals surface area (Å²) in [5.41, 5.74) is 0.839. The number of aromatic nitrogens is 4. The van der Waals surface area contributed by atoms with Crippen LogP contribution in [0.4, 0.5) is 0 Å². The van der Waals surface area contributed by atoms with Crippen LogP contribution in [0, 0.1) is 0 Å². The minimum atomic E-state index is 0.531. The average Bonchev–Trinajstić information content (AvgIpc) is 2.74. The highest BCUT2D eigenvalue weighted by molar-refractivity contribution is 5.34. The van der Waals surface area contributed by atoms with Crippen molar-refractivity contribution in [1.29, 1.82) is 0 Å². The summed E-state index contributed by atoms with van der Waals surface area (Å²) in [6.45, 7) is 2.15. The Balaban J connectivity index is 2.02. The fourth-order valence-corrected chi connectivity index (χ4v) is 2.13. The summed E-state index contributed by atoms with van der Waals surface area (Å²) in [5.74, 6) is 1.61. The first-order chi connectivity index (χ1) is 7.45. The molecule has 3 rings (SSSR count). The summed E-state index contributed by atoms with van der Waals surface area (Å²) in [6, 6.07) is 0. The molecule has 3 heterocycles. The number of nitrogens with one attached hydrogen (secondary N) is 1. The Morgan fingerprint density at radius 1 is 1.27 bits per heavy atom. The Morgan fingerprint density at radius 3 is 3.00 bits per heavy atom. The third kappa shape index (κ3) is 1.48. The van der Waals surface area contributed by atoms with Crippen LogP contribution in [0.5, 0.6) is 0 Å². The molecule has 0 spiro atoms. The standard InChI is InChI=1S/C10H13N5/c1-3-11-4-2-8(1)10-14-13-9-7-12-5-6-15(9)10/h5-8,11H,1-4H2. The second kappa shape index (κ2) is 3.58. The lowest BCUT2D eigenvalue weighted by Gasteiger charge is -2.20. The third-order valence-electron chi connectivity index (χ3n) is 2.94. The van der Waals surface area contributed by atoms with Crippen molar-refractivity contribution < 1.29 is 0 Å². The van der Waals surface area contributed by atoms with Crippen LogP contribution >= 0.6 is 0 Å². The van der Waals surface area contributed by atoms with E-state index in [1.54, 1.807) is 12.4 Å². The Morgan fingerprint density at radius 2 is 2.13 bits per heavy atom. The van der Waals surface area contributed by atoms with Crippen LogP contribution in [0.25, 0.3) is 5.65 Å². The fourth-order valence-electron chi connectivity index (χ4n) is 2.13. The van der Waals surface area contributed by atoms with Crippen LogP contribution in [-0.2, 0) is 0 Å². The van der Waals surface area contributed by atoms with Gasteiger partial charge in [-0.2, -0.15) is 0 Å². The number of piperidine rings is 1. The molecule has 0 aromatic carbocycles. The first-order valence-electron chi connectivity index (χ1n) is 5.30. The van der Waals surface area contributed by atoms with E-state index >= 15 is 0 Å². The maximum Gasteiger partial charge on any atom is 0.179 e. The van der Waals surface area contributed by atoms with E-state index in [9.17, 15) is 0 Å². The molecular weight excluding hydrogens is 190 g/mol. The average molecular weight is 203 g/mol. The summed E-state index contributed by atoms with van der Waals surface area (Å²) in [5, 5.41) is 11.7. The minimum Gasteiger partial charge on any atom is -0.317 e. The molecule has 78 valence electrons. The molecule has 0 bridgehead atoms. The quantitative estimate of drug-likeness (QED) is 0.737. The predicted molar refractivity (Wildman–Crippen MR) is 55.6 cm³/mol. The molecule has 2 aromatic heterocycles. The fraction of sp³-hybridized carbons (Fsp3) is 0.500. The highest BCUT2D eigenvalue weighted by Crippen LogP contribution is 2.23. The van der Waals surface area contributed by atoms with Crippen LogP contribution in [0.3, 0.4) is 0 Å². The van der Waals surface area contributed by atoms with Crippen molar-refractivity contribution in [3.8, 4) is 0 Å². The molecule has 0 unspecified atom stereocenters. The first-order valence-corrected chi connectivity index (χ1v) is 5.30. The number of hydrogen-bond acceptors (Lipinski definition) is 4. The largest absolute Gasteiger partial charge is 0.317 e. The highest BCUT2D eigenvalue weighted by Gasteiger charge is 2.20. The van der Waals surface area contributed by atoms with E-state index in [-0.39, 0.29) is 0 Å². The van der Waals surface area contributed by atoms with Crippen molar-refractivity contribution in [3.63, 3.8) is 0 Å². The molecule has 0 atom stereocenters. The topological polar surface area (TPSA) is 55.1 Å². The molecule has 0 amide bonds. The van der Waals surface area contributed by atoms with Crippen LogP contribution in [0.2, 0.25) is 0 Å². The molecule has 1 fully saturated rings. The summed E-state index contributed by atoms with van der Waals surface area (Å²) < 4.78 is 2.04. The molecule has 0 saturated carbocycles. The molecule has 1 saturated heterocycles. The summed E-state index contributed by atoms with van der Waals surface area (Å²) in [6.07, 6.45) is 7.75. The van der Waals surface area contributed by atoms with Crippen molar-refractivity contribution in [2.24, 2.45) is 0 Å². The number of fused-ring (bicyclic) bond motifs is 1. The summed E-state index contributed by atoms with van der Waals surface area (Å²) >= 11 is 0. The Labute approximate surface area is 87.5 Å². The van der Waals surface area contributed by atoms with Crippen LogP contribution in [0.1, 0.15) is 24.6 Å². The molecule has 5 nitrogen and oxygen atoms in total. The van der Waals surface area contributed by atoms with Crippen molar-refractivity contribution in [2.75, 3.05) is 13.1 Å². The monoisotopic (exact) mass is 203 g/mol. The number of nitrogens with zero attached hydrogens (tertiary/aromatic N) is 4. The zero-order valence-electron chi connectivity index (χ0n) is 8.43. The van der Waals surface area contributed by atoms with Gasteiger partial charge in [-0.05, 0) is 25.9 Å². The van der Waals surface area contributed by atoms with E-state index < -0.39 is 0 Å². The Kier molecular flexibility index (Phi) is 2.10. The normalized spacial score (nSPS) is 18.4. The number of rotatable bonds is 1. The van der Waals surface area contributed by atoms with E-state index in [0.717, 1.165) is 37.4 Å². The van der Waals surface area contributed by atoms with Gasteiger partial charge in [-0.25, -0.2) is 0 Å². The van der Waals surface area contributed by atoms with Gasteiger partial charge < -0.3 is 5.32 Å². The molecule has 2 aromatic rings. The van der Waals surface area contributed by atoms with Crippen molar-refractivity contribution >= 4 is 5.65 Å². The molecule has 1 N–H and O–H groups in total. The molecular formula is C10H13N5. The maximum absolute atomic E-state index is 4.26. The zero-order valence-corrected chi connectivity index (χ0v) is 8.43. The molecule has 1 aliphatic heterocycles. The van der Waals surface area contributed by atoms with Gasteiger partial charge >= 0.3 is 0 Å². The lowest BCUT2D eigenvalue weighted by Crippen LogP contribution is -2.27. The Bertz CT molecular complexity index is 458. The van der Waals surface area contributed by atoms with Crippen molar-refractivity contribution in [1.82, 2.24) is 24.9 Å². The Hall–Kier alpha value is -1.49. The zero-order chi connectivity index (χ0) is 10.1. The molecule has 5 heteroatoms. The van der Waals surface area contributed by atoms with E-state index in [0.29, 0.717) is 5.92 Å². The van der Waals surface area contributed by atoms with Gasteiger partial charge in [0.2, 0.25) is 0 Å². The van der Waals surface area contributed by atoms with E-state index in [1.165, 1.54) is 0 Å². The predicted octanol–water partition coefficient (Wildman–Crippen LogP) is 0.591. The van der Waals surface area contributed by atoms with Gasteiger partial charge in [0.1, 0.15) is 5.82 Å². The SMILES string of the molecule is c1cn2c(C3CCNCC3)nnc2cn1. The van der Waals surface area contributed by atoms with Gasteiger partial charge in [0.25, 0.3) is 0 Å². The van der Waals surface area contributed by atoms with Gasteiger partial charge in [-0.3, -0.25) is 9.38 Å². The van der Waals surface area contributed by atoms with Gasteiger partial charge in [0.05, 0.1) is 6.20 Å². The van der Waals surface area contributed by atoms with Gasteiger partial charge in [0, 0.05) is 18.3 Å². The van der Waals surface area contributed by atoms with Gasteiger partial charge in [-0.1, -0.05) is 0 Å². The molecule has 0 aliphatic carbocycles. The van der Waals surface area contributed by atoms with Crippen LogP contribution in [0.15, 0.2) is 18.6 Å². The van der Waals surface area contributed by atoms with E-state index in [1.807, 2.05) is 10.6 Å². The van der Waals surface area contributed by atoms with E-state index in [4.69, 9.17) is 0 Å². The van der Waals surface area contributed by atoms with Gasteiger partial charge in [-0.15, -0.1) is 10.2 Å². The van der Waals surface area contributed by atoms with Gasteiger partial charge in [0.15, 0.2) is 5.65 Å². The molecule has 1 aliphatic rings. The third-order valence-corrected chi connectivity index (χ3v) is 2.94. The second-order valence-corrected chi connectivity index (χ2v) is 3.89. The lowest BCUT2D eigenvalue weighted by molar-refractivity contribution is 0.442. The summed E-state index contributed by atoms with van der Waals surface area (Å²) in [4.78, 5) is 4.04. The molecule has 0 radical (unpaired) electrons. The van der Waals surface area contributed by atoms with Crippen LogP contribution in [-0.4, -0.2) is 32.7 Å². The smallest absolute Gasteiger partial charge is 0.179 e. The highest BCUT2D eigenvalue weighted by atomic mass is 15.3. The number of hydrogen-bond donors (Lipinski definition) is 1. The minimum absolute atomic E-state index is 0.531. The second-order valence-electron chi connectivity index (χ2n) is 3.89. The van der Waals surface area contributed by atoms with Crippen molar-refractivity contribution in [3.05, 3.63) is 24.4 Å². The van der Waals surface area contributed by atoms with E-state index in [2.05, 4.69) is 20.5 Å². The van der Waals surface area contributed by atoms with Crippen molar-refractivity contribution in [2.45, 2.75) is 18.8 Å². The molecule has 15 heavy (non-hydrogen) atoms. The lowest BCUT2D eigenvalue weighted by atomic mass is 9.97.